The van der Waals surface area contributed by atoms with Gasteiger partial charge in [-0.3, -0.25) is 14.5 Å². The van der Waals surface area contributed by atoms with Gasteiger partial charge in [-0.05, 0) is 13.0 Å². The molecule has 17 heavy (non-hydrogen) atoms. The number of carbonyl (C=O) groups is 1. The molecule has 2 aromatic heterocycles. The fourth-order valence-electron chi connectivity index (χ4n) is 1.44. The summed E-state index contributed by atoms with van der Waals surface area (Å²) in [7, 11) is 1.78. The lowest BCUT2D eigenvalue weighted by molar-refractivity contribution is 0.102. The molecule has 0 fully saturated rings. The summed E-state index contributed by atoms with van der Waals surface area (Å²) in [6.45, 7) is 1.82. The molecule has 0 aromatic carbocycles. The zero-order valence-corrected chi connectivity index (χ0v) is 9.64. The Labute approximate surface area is 98.5 Å². The van der Waals surface area contributed by atoms with Crippen molar-refractivity contribution in [3.63, 3.8) is 0 Å². The zero-order valence-electron chi connectivity index (χ0n) is 9.64. The molecule has 6 heteroatoms. The number of nitrogens with two attached hydrogens (primary N) is 1. The van der Waals surface area contributed by atoms with Gasteiger partial charge in [0.2, 0.25) is 0 Å². The van der Waals surface area contributed by atoms with Gasteiger partial charge in [0, 0.05) is 36.9 Å². The van der Waals surface area contributed by atoms with Gasteiger partial charge in [0.05, 0.1) is 5.56 Å². The first-order valence-electron chi connectivity index (χ1n) is 5.09. The number of rotatable bonds is 2. The summed E-state index contributed by atoms with van der Waals surface area (Å²) in [6, 6.07) is 3.36. The van der Waals surface area contributed by atoms with E-state index >= 15 is 0 Å². The highest BCUT2D eigenvalue weighted by molar-refractivity contribution is 6.07. The molecule has 0 saturated carbocycles. The van der Waals surface area contributed by atoms with E-state index in [4.69, 9.17) is 5.73 Å². The van der Waals surface area contributed by atoms with Gasteiger partial charge in [0.1, 0.15) is 0 Å². The first-order chi connectivity index (χ1) is 8.06. The number of aryl methyl sites for hydroxylation is 2. The van der Waals surface area contributed by atoms with E-state index in [9.17, 15) is 4.79 Å². The lowest BCUT2D eigenvalue weighted by Gasteiger charge is -2.05. The maximum atomic E-state index is 11.9. The highest BCUT2D eigenvalue weighted by Gasteiger charge is 2.11. The van der Waals surface area contributed by atoms with Crippen molar-refractivity contribution >= 4 is 17.4 Å². The summed E-state index contributed by atoms with van der Waals surface area (Å²) in [5.41, 5.74) is 7.29. The minimum absolute atomic E-state index is 0.311. The molecule has 1 amide bonds. The lowest BCUT2D eigenvalue weighted by atomic mass is 10.2. The van der Waals surface area contributed by atoms with Crippen molar-refractivity contribution in [2.24, 2.45) is 7.05 Å². The molecule has 0 aliphatic heterocycles. The number of pyridine rings is 1. The van der Waals surface area contributed by atoms with Gasteiger partial charge in [-0.2, -0.15) is 5.10 Å². The van der Waals surface area contributed by atoms with E-state index in [1.807, 2.05) is 6.92 Å². The second-order valence-electron chi connectivity index (χ2n) is 3.74. The largest absolute Gasteiger partial charge is 0.398 e. The predicted molar refractivity (Wildman–Crippen MR) is 64.5 cm³/mol. The Morgan fingerprint density at radius 1 is 1.53 bits per heavy atom. The molecule has 0 aliphatic carbocycles. The molecule has 6 nitrogen and oxygen atoms in total. The molecule has 0 bridgehead atoms. The Balaban J connectivity index is 2.20. The summed E-state index contributed by atoms with van der Waals surface area (Å²) in [5.74, 6) is 0.172. The Kier molecular flexibility index (Phi) is 2.78. The van der Waals surface area contributed by atoms with Crippen LogP contribution in [0.15, 0.2) is 24.5 Å². The Bertz CT molecular complexity index is 561. The number of anilines is 2. The van der Waals surface area contributed by atoms with E-state index in [0.29, 0.717) is 17.1 Å². The third-order valence-electron chi connectivity index (χ3n) is 2.27. The molecule has 0 spiro atoms. The van der Waals surface area contributed by atoms with Crippen LogP contribution >= 0.6 is 0 Å². The van der Waals surface area contributed by atoms with Crippen LogP contribution in [-0.2, 0) is 7.05 Å². The van der Waals surface area contributed by atoms with Crippen LogP contribution in [0, 0.1) is 6.92 Å². The number of hydrogen-bond acceptors (Lipinski definition) is 4. The average molecular weight is 231 g/mol. The summed E-state index contributed by atoms with van der Waals surface area (Å²) in [6.07, 6.45) is 3.20. The van der Waals surface area contributed by atoms with Gasteiger partial charge >= 0.3 is 0 Å². The van der Waals surface area contributed by atoms with E-state index in [-0.39, 0.29) is 5.91 Å². The number of carbonyl (C=O) groups excluding carboxylic acids is 1. The molecule has 3 N–H and O–H groups in total. The summed E-state index contributed by atoms with van der Waals surface area (Å²) < 4.78 is 1.60. The van der Waals surface area contributed by atoms with Crippen LogP contribution in [0.3, 0.4) is 0 Å². The van der Waals surface area contributed by atoms with E-state index in [1.54, 1.807) is 30.1 Å². The van der Waals surface area contributed by atoms with Crippen LogP contribution in [0.4, 0.5) is 11.5 Å². The highest BCUT2D eigenvalue weighted by Crippen LogP contribution is 2.13. The molecular formula is C11H13N5O. The van der Waals surface area contributed by atoms with Crippen molar-refractivity contribution < 1.29 is 4.79 Å². The summed E-state index contributed by atoms with van der Waals surface area (Å²) in [4.78, 5) is 15.9. The Morgan fingerprint density at radius 2 is 2.29 bits per heavy atom. The average Bonchev–Trinajstić information content (AvgIpc) is 2.63. The van der Waals surface area contributed by atoms with Crippen molar-refractivity contribution in [3.05, 3.63) is 35.8 Å². The normalized spacial score (nSPS) is 10.2. The van der Waals surface area contributed by atoms with Gasteiger partial charge in [-0.25, -0.2) is 0 Å². The second-order valence-corrected chi connectivity index (χ2v) is 3.74. The monoisotopic (exact) mass is 231 g/mol. The Morgan fingerprint density at radius 3 is 2.88 bits per heavy atom. The number of nitrogen functional groups attached to an aromatic ring is 1. The first-order valence-corrected chi connectivity index (χ1v) is 5.09. The van der Waals surface area contributed by atoms with E-state index in [1.165, 1.54) is 6.20 Å². The van der Waals surface area contributed by atoms with Crippen molar-refractivity contribution in [1.29, 1.82) is 0 Å². The number of nitrogens with zero attached hydrogens (tertiary/aromatic N) is 3. The van der Waals surface area contributed by atoms with Gasteiger partial charge in [0.25, 0.3) is 5.91 Å². The quantitative estimate of drug-likeness (QED) is 0.806. The van der Waals surface area contributed by atoms with Crippen molar-refractivity contribution in [2.45, 2.75) is 6.92 Å². The fraction of sp³-hybridized carbons (Fsp3) is 0.182. The molecule has 0 atom stereocenters. The molecular weight excluding hydrogens is 218 g/mol. The smallest absolute Gasteiger partial charge is 0.260 e. The van der Waals surface area contributed by atoms with Crippen molar-refractivity contribution in [2.75, 3.05) is 11.1 Å². The van der Waals surface area contributed by atoms with Crippen LogP contribution in [0.1, 0.15) is 16.1 Å². The summed E-state index contributed by atoms with van der Waals surface area (Å²) in [5, 5.41) is 6.70. The van der Waals surface area contributed by atoms with Gasteiger partial charge in [0.15, 0.2) is 5.82 Å². The first kappa shape index (κ1) is 11.1. The molecule has 2 rings (SSSR count). The standard InChI is InChI=1S/C11H13N5O/c1-7-5-9(12)8(6-13-7)11(17)14-10-3-4-16(2)15-10/h3-6H,1-2H3,(H2,12,13)(H,14,15,17). The minimum atomic E-state index is -0.311. The molecule has 0 radical (unpaired) electrons. The maximum absolute atomic E-state index is 11.9. The SMILES string of the molecule is Cc1cc(N)c(C(=O)Nc2ccn(C)n2)cn1. The molecule has 0 aliphatic rings. The second kappa shape index (κ2) is 4.25. The lowest BCUT2D eigenvalue weighted by Crippen LogP contribution is -2.15. The number of hydrogen-bond donors (Lipinski definition) is 2. The minimum Gasteiger partial charge on any atom is -0.398 e. The number of amides is 1. The molecule has 0 unspecified atom stereocenters. The number of nitrogens with one attached hydrogen (secondary N) is 1. The molecule has 88 valence electrons. The van der Waals surface area contributed by atoms with E-state index in [2.05, 4.69) is 15.4 Å². The third-order valence-corrected chi connectivity index (χ3v) is 2.27. The van der Waals surface area contributed by atoms with Crippen LogP contribution in [0.2, 0.25) is 0 Å². The summed E-state index contributed by atoms with van der Waals surface area (Å²) >= 11 is 0. The topological polar surface area (TPSA) is 85.8 Å². The van der Waals surface area contributed by atoms with E-state index < -0.39 is 0 Å². The van der Waals surface area contributed by atoms with Crippen LogP contribution in [-0.4, -0.2) is 20.7 Å². The third kappa shape index (κ3) is 2.41. The zero-order chi connectivity index (χ0) is 12.4. The van der Waals surface area contributed by atoms with Crippen LogP contribution < -0.4 is 11.1 Å². The van der Waals surface area contributed by atoms with Gasteiger partial charge in [-0.15, -0.1) is 0 Å². The van der Waals surface area contributed by atoms with Crippen molar-refractivity contribution in [1.82, 2.24) is 14.8 Å². The fourth-order valence-corrected chi connectivity index (χ4v) is 1.44. The van der Waals surface area contributed by atoms with E-state index in [0.717, 1.165) is 5.69 Å². The predicted octanol–water partition coefficient (Wildman–Crippen LogP) is 0.958. The molecule has 2 heterocycles. The van der Waals surface area contributed by atoms with Crippen molar-refractivity contribution in [3.8, 4) is 0 Å². The number of aromatic nitrogens is 3. The molecule has 0 saturated heterocycles. The molecule has 2 aromatic rings. The van der Waals surface area contributed by atoms with Crippen LogP contribution in [0.25, 0.3) is 0 Å². The van der Waals surface area contributed by atoms with Crippen LogP contribution in [0.5, 0.6) is 0 Å². The highest BCUT2D eigenvalue weighted by atomic mass is 16.1. The van der Waals surface area contributed by atoms with Gasteiger partial charge in [-0.1, -0.05) is 0 Å². The van der Waals surface area contributed by atoms with Gasteiger partial charge < -0.3 is 11.1 Å². The Hall–Kier alpha value is -2.37. The maximum Gasteiger partial charge on any atom is 0.260 e.